The summed E-state index contributed by atoms with van der Waals surface area (Å²) in [5.41, 5.74) is 8.20. The van der Waals surface area contributed by atoms with Crippen molar-refractivity contribution < 1.29 is 4.79 Å². The molecular formula is C14H16N4OS2. The van der Waals surface area contributed by atoms with Crippen LogP contribution in [0.5, 0.6) is 0 Å². The van der Waals surface area contributed by atoms with Crippen molar-refractivity contribution in [2.45, 2.75) is 24.7 Å². The molecule has 0 aliphatic carbocycles. The van der Waals surface area contributed by atoms with Crippen LogP contribution in [0.3, 0.4) is 0 Å². The number of carbonyl (C=O) groups is 1. The molecular weight excluding hydrogens is 304 g/mol. The molecule has 0 saturated carbocycles. The average molecular weight is 320 g/mol. The SMILES string of the molecule is CC(C)c1nnsc1C(=O)N1CCSc2ccc(N)cc21. The second-order valence-corrected chi connectivity index (χ2v) is 7.07. The van der Waals surface area contributed by atoms with Crippen molar-refractivity contribution in [1.29, 1.82) is 0 Å². The van der Waals surface area contributed by atoms with E-state index in [0.717, 1.165) is 22.0 Å². The van der Waals surface area contributed by atoms with Crippen molar-refractivity contribution in [3.8, 4) is 0 Å². The van der Waals surface area contributed by atoms with Gasteiger partial charge in [0.1, 0.15) is 4.88 Å². The third kappa shape index (κ3) is 2.63. The monoisotopic (exact) mass is 320 g/mol. The van der Waals surface area contributed by atoms with E-state index >= 15 is 0 Å². The molecule has 0 fully saturated rings. The molecule has 1 amide bonds. The Balaban J connectivity index is 2.00. The van der Waals surface area contributed by atoms with E-state index in [4.69, 9.17) is 5.73 Å². The minimum absolute atomic E-state index is 0.0270. The molecule has 7 heteroatoms. The minimum Gasteiger partial charge on any atom is -0.399 e. The van der Waals surface area contributed by atoms with Crippen molar-refractivity contribution in [1.82, 2.24) is 9.59 Å². The summed E-state index contributed by atoms with van der Waals surface area (Å²) in [5, 5.41) is 4.10. The first-order valence-electron chi connectivity index (χ1n) is 6.74. The molecule has 1 aliphatic heterocycles. The quantitative estimate of drug-likeness (QED) is 0.861. The van der Waals surface area contributed by atoms with E-state index in [1.54, 1.807) is 16.7 Å². The minimum atomic E-state index is -0.0270. The lowest BCUT2D eigenvalue weighted by molar-refractivity contribution is 0.0990. The number of benzene rings is 1. The fourth-order valence-corrected chi connectivity index (χ4v) is 4.04. The highest BCUT2D eigenvalue weighted by Crippen LogP contribution is 2.37. The molecule has 2 heterocycles. The molecule has 1 aliphatic rings. The van der Waals surface area contributed by atoms with Crippen LogP contribution in [-0.2, 0) is 0 Å². The van der Waals surface area contributed by atoms with E-state index in [0.29, 0.717) is 17.1 Å². The van der Waals surface area contributed by atoms with Gasteiger partial charge < -0.3 is 10.6 Å². The number of amides is 1. The molecule has 0 atom stereocenters. The van der Waals surface area contributed by atoms with Gasteiger partial charge in [0.2, 0.25) is 0 Å². The van der Waals surface area contributed by atoms with Gasteiger partial charge in [-0.2, -0.15) is 0 Å². The Bertz CT molecular complexity index is 683. The predicted molar refractivity (Wildman–Crippen MR) is 87.3 cm³/mol. The van der Waals surface area contributed by atoms with Gasteiger partial charge in [-0.05, 0) is 35.6 Å². The predicted octanol–water partition coefficient (Wildman–Crippen LogP) is 3.00. The maximum Gasteiger partial charge on any atom is 0.272 e. The van der Waals surface area contributed by atoms with Gasteiger partial charge in [0.25, 0.3) is 5.91 Å². The molecule has 5 nitrogen and oxygen atoms in total. The lowest BCUT2D eigenvalue weighted by Gasteiger charge is -2.29. The Hall–Kier alpha value is -1.60. The number of rotatable bonds is 2. The lowest BCUT2D eigenvalue weighted by Crippen LogP contribution is -2.35. The Morgan fingerprint density at radius 2 is 2.24 bits per heavy atom. The van der Waals surface area contributed by atoms with Crippen LogP contribution in [0, 0.1) is 0 Å². The number of anilines is 2. The highest BCUT2D eigenvalue weighted by Gasteiger charge is 2.28. The number of nitrogens with zero attached hydrogens (tertiary/aromatic N) is 3. The summed E-state index contributed by atoms with van der Waals surface area (Å²) in [6.45, 7) is 4.71. The van der Waals surface area contributed by atoms with Crippen LogP contribution in [0.25, 0.3) is 0 Å². The molecule has 2 N–H and O–H groups in total. The number of carbonyl (C=O) groups excluding carboxylic acids is 1. The standard InChI is InChI=1S/C14H16N4OS2/c1-8(2)12-13(21-17-16-12)14(19)18-5-6-20-11-4-3-9(15)7-10(11)18/h3-4,7-8H,5-6,15H2,1-2H3. The zero-order chi connectivity index (χ0) is 15.0. The van der Waals surface area contributed by atoms with Gasteiger partial charge >= 0.3 is 0 Å². The average Bonchev–Trinajstić information content (AvgIpc) is 2.95. The molecule has 3 rings (SSSR count). The maximum absolute atomic E-state index is 12.9. The van der Waals surface area contributed by atoms with Crippen LogP contribution < -0.4 is 10.6 Å². The van der Waals surface area contributed by atoms with Crippen LogP contribution in [0.2, 0.25) is 0 Å². The molecule has 0 unspecified atom stereocenters. The fraction of sp³-hybridized carbons (Fsp3) is 0.357. The number of nitrogens with two attached hydrogens (primary N) is 1. The Kier molecular flexibility index (Phi) is 3.86. The van der Waals surface area contributed by atoms with E-state index in [1.807, 2.05) is 32.0 Å². The highest BCUT2D eigenvalue weighted by molar-refractivity contribution is 7.99. The van der Waals surface area contributed by atoms with E-state index in [2.05, 4.69) is 9.59 Å². The summed E-state index contributed by atoms with van der Waals surface area (Å²) in [5.74, 6) is 1.04. The fourth-order valence-electron chi connectivity index (χ4n) is 2.29. The zero-order valence-corrected chi connectivity index (χ0v) is 13.5. The molecule has 110 valence electrons. The van der Waals surface area contributed by atoms with Crippen LogP contribution in [0.15, 0.2) is 23.1 Å². The van der Waals surface area contributed by atoms with Crippen LogP contribution in [0.4, 0.5) is 11.4 Å². The molecule has 21 heavy (non-hydrogen) atoms. The second-order valence-electron chi connectivity index (χ2n) is 5.17. The first-order chi connectivity index (χ1) is 10.1. The number of fused-ring (bicyclic) bond motifs is 1. The second kappa shape index (κ2) is 5.65. The summed E-state index contributed by atoms with van der Waals surface area (Å²) < 4.78 is 3.95. The molecule has 2 aromatic rings. The van der Waals surface area contributed by atoms with Crippen molar-refractivity contribution >= 4 is 40.6 Å². The summed E-state index contributed by atoms with van der Waals surface area (Å²) in [6.07, 6.45) is 0. The topological polar surface area (TPSA) is 72.1 Å². The van der Waals surface area contributed by atoms with Gasteiger partial charge in [0.05, 0.1) is 11.4 Å². The first kappa shape index (κ1) is 14.3. The normalized spacial score (nSPS) is 14.3. The molecule has 1 aromatic carbocycles. The molecule has 1 aromatic heterocycles. The van der Waals surface area contributed by atoms with Gasteiger partial charge in [0.15, 0.2) is 0 Å². The Morgan fingerprint density at radius 3 is 3.00 bits per heavy atom. The van der Waals surface area contributed by atoms with E-state index in [9.17, 15) is 4.79 Å². The Morgan fingerprint density at radius 1 is 1.43 bits per heavy atom. The number of thioether (sulfide) groups is 1. The van der Waals surface area contributed by atoms with Gasteiger partial charge in [-0.3, -0.25) is 4.79 Å². The molecule has 0 bridgehead atoms. The largest absolute Gasteiger partial charge is 0.399 e. The summed E-state index contributed by atoms with van der Waals surface area (Å²) in [7, 11) is 0. The van der Waals surface area contributed by atoms with Crippen LogP contribution >= 0.6 is 23.3 Å². The number of aromatic nitrogens is 2. The first-order valence-corrected chi connectivity index (χ1v) is 8.50. The van der Waals surface area contributed by atoms with Gasteiger partial charge in [-0.1, -0.05) is 18.3 Å². The van der Waals surface area contributed by atoms with Crippen molar-refractivity contribution in [3.05, 3.63) is 28.8 Å². The smallest absolute Gasteiger partial charge is 0.272 e. The van der Waals surface area contributed by atoms with E-state index < -0.39 is 0 Å². The molecule has 0 spiro atoms. The lowest BCUT2D eigenvalue weighted by atomic mass is 10.1. The van der Waals surface area contributed by atoms with Crippen LogP contribution in [0.1, 0.15) is 35.1 Å². The number of nitrogen functional groups attached to an aromatic ring is 1. The summed E-state index contributed by atoms with van der Waals surface area (Å²) >= 11 is 2.92. The van der Waals surface area contributed by atoms with Crippen LogP contribution in [-0.4, -0.2) is 27.8 Å². The van der Waals surface area contributed by atoms with E-state index in [1.165, 1.54) is 11.5 Å². The number of hydrogen-bond donors (Lipinski definition) is 1. The van der Waals surface area contributed by atoms with Crippen molar-refractivity contribution in [2.24, 2.45) is 0 Å². The van der Waals surface area contributed by atoms with Crippen molar-refractivity contribution in [3.63, 3.8) is 0 Å². The maximum atomic E-state index is 12.9. The zero-order valence-electron chi connectivity index (χ0n) is 11.9. The highest BCUT2D eigenvalue weighted by atomic mass is 32.2. The van der Waals surface area contributed by atoms with Crippen molar-refractivity contribution in [2.75, 3.05) is 22.9 Å². The third-order valence-electron chi connectivity index (χ3n) is 3.35. The molecule has 0 radical (unpaired) electrons. The van der Waals surface area contributed by atoms with Gasteiger partial charge in [0, 0.05) is 22.9 Å². The summed E-state index contributed by atoms with van der Waals surface area (Å²) in [4.78, 5) is 16.4. The Labute approximate surface area is 131 Å². The third-order valence-corrected chi connectivity index (χ3v) is 5.12. The van der Waals surface area contributed by atoms with Gasteiger partial charge in [-0.15, -0.1) is 16.9 Å². The molecule has 0 saturated heterocycles. The van der Waals surface area contributed by atoms with Gasteiger partial charge in [-0.25, -0.2) is 0 Å². The number of hydrogen-bond acceptors (Lipinski definition) is 6. The van der Waals surface area contributed by atoms with E-state index in [-0.39, 0.29) is 11.8 Å². The summed E-state index contributed by atoms with van der Waals surface area (Å²) in [6, 6.07) is 5.71.